The van der Waals surface area contributed by atoms with Crippen molar-refractivity contribution < 1.29 is 32.4 Å². The van der Waals surface area contributed by atoms with Gasteiger partial charge in [-0.25, -0.2) is 4.79 Å². The van der Waals surface area contributed by atoms with Crippen molar-refractivity contribution >= 4 is 24.6 Å². The molecule has 0 amide bonds. The van der Waals surface area contributed by atoms with E-state index in [4.69, 9.17) is 14.4 Å². The third kappa shape index (κ3) is 3.65. The number of hydrogen-bond acceptors (Lipinski definition) is 3. The van der Waals surface area contributed by atoms with Gasteiger partial charge in [-0.15, -0.1) is 0 Å². The highest BCUT2D eigenvalue weighted by atomic mass is 19.4. The van der Waals surface area contributed by atoms with Crippen molar-refractivity contribution in [1.29, 1.82) is 0 Å². The number of carbonyl (C=O) groups is 1. The maximum absolute atomic E-state index is 13.1. The van der Waals surface area contributed by atoms with Gasteiger partial charge in [-0.3, -0.25) is 0 Å². The summed E-state index contributed by atoms with van der Waals surface area (Å²) in [4.78, 5) is 10.6. The van der Waals surface area contributed by atoms with Gasteiger partial charge in [0.05, 0.1) is 16.8 Å². The molecule has 0 aliphatic carbocycles. The summed E-state index contributed by atoms with van der Waals surface area (Å²) in [5.41, 5.74) is -2.03. The second kappa shape index (κ2) is 5.93. The Morgan fingerprint density at radius 3 is 2.17 bits per heavy atom. The summed E-state index contributed by atoms with van der Waals surface area (Å²) in [5, 5.41) is 8.67. The maximum Gasteiger partial charge on any atom is 0.494 e. The smallest absolute Gasteiger partial charge is 0.478 e. The minimum atomic E-state index is -4.59. The topological polar surface area (TPSA) is 55.8 Å². The number of carboxylic acids is 1. The zero-order valence-electron chi connectivity index (χ0n) is 13.8. The second-order valence-electron chi connectivity index (χ2n) is 6.60. The molecular weight excluding hydrogens is 324 g/mol. The van der Waals surface area contributed by atoms with Crippen LogP contribution in [0.3, 0.4) is 0 Å². The standard InChI is InChI=1S/C16H18BF3O4/c1-14(2)15(3,4)24-17(23-14)11-6-7-12(16(18,19)20)10(9-11)5-8-13(21)22/h5-9H,1-4H3,(H,21,22)/b8-5+. The molecule has 0 bridgehead atoms. The predicted octanol–water partition coefficient (Wildman–Crippen LogP) is 3.10. The predicted molar refractivity (Wildman–Crippen MR) is 83.8 cm³/mol. The Bertz CT molecular complexity index is 664. The molecule has 1 fully saturated rings. The van der Waals surface area contributed by atoms with Gasteiger partial charge in [0.1, 0.15) is 0 Å². The Morgan fingerprint density at radius 2 is 1.71 bits per heavy atom. The molecule has 4 nitrogen and oxygen atoms in total. The van der Waals surface area contributed by atoms with Gasteiger partial charge >= 0.3 is 19.3 Å². The van der Waals surface area contributed by atoms with E-state index in [0.29, 0.717) is 11.5 Å². The lowest BCUT2D eigenvalue weighted by molar-refractivity contribution is -0.138. The number of aliphatic carboxylic acids is 1. The maximum atomic E-state index is 13.1. The minimum absolute atomic E-state index is 0.253. The molecule has 130 valence electrons. The van der Waals surface area contributed by atoms with Crippen LogP contribution in [0.15, 0.2) is 24.3 Å². The van der Waals surface area contributed by atoms with E-state index < -0.39 is 36.0 Å². The summed E-state index contributed by atoms with van der Waals surface area (Å²) in [7, 11) is -0.825. The van der Waals surface area contributed by atoms with Crippen molar-refractivity contribution in [2.45, 2.75) is 45.1 Å². The summed E-state index contributed by atoms with van der Waals surface area (Å²) >= 11 is 0. The van der Waals surface area contributed by atoms with Crippen LogP contribution in [0.4, 0.5) is 13.2 Å². The zero-order chi connectivity index (χ0) is 18.3. The first-order valence-corrected chi connectivity index (χ1v) is 7.31. The molecule has 1 aliphatic rings. The van der Waals surface area contributed by atoms with Gasteiger partial charge in [-0.05, 0) is 50.9 Å². The number of rotatable bonds is 3. The van der Waals surface area contributed by atoms with Gasteiger partial charge < -0.3 is 14.4 Å². The molecule has 1 N–H and O–H groups in total. The fourth-order valence-corrected chi connectivity index (χ4v) is 2.26. The molecule has 0 saturated carbocycles. The average molecular weight is 342 g/mol. The quantitative estimate of drug-likeness (QED) is 0.678. The van der Waals surface area contributed by atoms with Gasteiger partial charge in [0, 0.05) is 6.08 Å². The molecule has 0 spiro atoms. The zero-order valence-corrected chi connectivity index (χ0v) is 13.8. The molecular formula is C16H18BF3O4. The van der Waals surface area contributed by atoms with Crippen LogP contribution in [-0.4, -0.2) is 29.4 Å². The number of halogens is 3. The summed E-state index contributed by atoms with van der Waals surface area (Å²) in [6.45, 7) is 7.34. The Balaban J connectivity index is 2.44. The van der Waals surface area contributed by atoms with E-state index in [1.807, 2.05) is 27.7 Å². The van der Waals surface area contributed by atoms with E-state index in [0.717, 1.165) is 12.1 Å². The van der Waals surface area contributed by atoms with Crippen LogP contribution in [0, 0.1) is 0 Å². The van der Waals surface area contributed by atoms with Gasteiger partial charge in [-0.2, -0.15) is 13.2 Å². The first-order valence-electron chi connectivity index (χ1n) is 7.31. The third-order valence-electron chi connectivity index (χ3n) is 4.31. The van der Waals surface area contributed by atoms with Crippen molar-refractivity contribution in [2.75, 3.05) is 0 Å². The van der Waals surface area contributed by atoms with Crippen molar-refractivity contribution in [3.63, 3.8) is 0 Å². The van der Waals surface area contributed by atoms with E-state index in [-0.39, 0.29) is 5.56 Å². The van der Waals surface area contributed by atoms with Gasteiger partial charge in [0.15, 0.2) is 0 Å². The number of benzene rings is 1. The minimum Gasteiger partial charge on any atom is -0.478 e. The van der Waals surface area contributed by atoms with Gasteiger partial charge in [0.2, 0.25) is 0 Å². The SMILES string of the molecule is CC1(C)OB(c2ccc(C(F)(F)F)c(/C=C/C(=O)O)c2)OC1(C)C. The van der Waals surface area contributed by atoms with Crippen molar-refractivity contribution in [2.24, 2.45) is 0 Å². The summed E-state index contributed by atoms with van der Waals surface area (Å²) in [6.07, 6.45) is -3.01. The molecule has 1 aliphatic heterocycles. The molecule has 8 heteroatoms. The van der Waals surface area contributed by atoms with Crippen LogP contribution in [0.1, 0.15) is 38.8 Å². The van der Waals surface area contributed by atoms with Crippen LogP contribution >= 0.6 is 0 Å². The Kier molecular flexibility index (Phi) is 4.58. The highest BCUT2D eigenvalue weighted by molar-refractivity contribution is 6.62. The second-order valence-corrected chi connectivity index (χ2v) is 6.60. The van der Waals surface area contributed by atoms with Crippen molar-refractivity contribution in [1.82, 2.24) is 0 Å². The molecule has 0 aromatic heterocycles. The molecule has 0 radical (unpaired) electrons. The molecule has 0 atom stereocenters. The molecule has 2 rings (SSSR count). The van der Waals surface area contributed by atoms with E-state index >= 15 is 0 Å². The normalized spacial score (nSPS) is 19.9. The lowest BCUT2D eigenvalue weighted by Crippen LogP contribution is -2.41. The molecule has 1 saturated heterocycles. The van der Waals surface area contributed by atoms with Gasteiger partial charge in [-0.1, -0.05) is 12.1 Å². The van der Waals surface area contributed by atoms with Crippen LogP contribution in [-0.2, 0) is 20.3 Å². The van der Waals surface area contributed by atoms with Crippen LogP contribution < -0.4 is 5.46 Å². The van der Waals surface area contributed by atoms with E-state index in [2.05, 4.69) is 0 Å². The number of alkyl halides is 3. The summed E-state index contributed by atoms with van der Waals surface area (Å²) < 4.78 is 50.9. The Hall–Kier alpha value is -1.80. The lowest BCUT2D eigenvalue weighted by atomic mass is 9.77. The average Bonchev–Trinajstić information content (AvgIpc) is 2.64. The molecule has 1 aromatic carbocycles. The molecule has 0 unspecified atom stereocenters. The van der Waals surface area contributed by atoms with Crippen molar-refractivity contribution in [3.05, 3.63) is 35.4 Å². The van der Waals surface area contributed by atoms with E-state index in [1.165, 1.54) is 12.1 Å². The summed E-state index contributed by atoms with van der Waals surface area (Å²) in [6, 6.07) is 3.43. The number of hydrogen-bond donors (Lipinski definition) is 1. The van der Waals surface area contributed by atoms with Crippen LogP contribution in [0.5, 0.6) is 0 Å². The third-order valence-corrected chi connectivity index (χ3v) is 4.31. The van der Waals surface area contributed by atoms with E-state index in [9.17, 15) is 18.0 Å². The van der Waals surface area contributed by atoms with Gasteiger partial charge in [0.25, 0.3) is 0 Å². The monoisotopic (exact) mass is 342 g/mol. The Labute approximate surface area is 138 Å². The molecule has 24 heavy (non-hydrogen) atoms. The fourth-order valence-electron chi connectivity index (χ4n) is 2.26. The van der Waals surface area contributed by atoms with Crippen molar-refractivity contribution in [3.8, 4) is 0 Å². The summed E-state index contributed by atoms with van der Waals surface area (Å²) in [5.74, 6) is -1.33. The first-order chi connectivity index (χ1) is 10.8. The largest absolute Gasteiger partial charge is 0.494 e. The molecule has 1 aromatic rings. The number of carboxylic acid groups (broad SMARTS) is 1. The van der Waals surface area contributed by atoms with E-state index in [1.54, 1.807) is 0 Å². The fraction of sp³-hybridized carbons (Fsp3) is 0.438. The van der Waals surface area contributed by atoms with Crippen LogP contribution in [0.25, 0.3) is 6.08 Å². The van der Waals surface area contributed by atoms with Crippen LogP contribution in [0.2, 0.25) is 0 Å². The highest BCUT2D eigenvalue weighted by Gasteiger charge is 2.51. The highest BCUT2D eigenvalue weighted by Crippen LogP contribution is 2.37. The molecule has 1 heterocycles. The first kappa shape index (κ1) is 18.5. The Morgan fingerprint density at radius 1 is 1.17 bits per heavy atom. The lowest BCUT2D eigenvalue weighted by Gasteiger charge is -2.32.